The number of nitrogens with one attached hydrogen (secondary N) is 2. The molecule has 1 aromatic heterocycles. The van der Waals surface area contributed by atoms with E-state index < -0.39 is 16.9 Å². The Labute approximate surface area is 173 Å². The summed E-state index contributed by atoms with van der Waals surface area (Å²) in [4.78, 5) is 29.0. The number of carbonyl (C=O) groups is 2. The summed E-state index contributed by atoms with van der Waals surface area (Å²) >= 11 is 0. The molecule has 0 aliphatic rings. The van der Waals surface area contributed by atoms with Gasteiger partial charge in [0.05, 0.1) is 5.69 Å². The van der Waals surface area contributed by atoms with Crippen molar-refractivity contribution in [3.8, 4) is 5.75 Å². The third-order valence-electron chi connectivity index (χ3n) is 4.22. The minimum absolute atomic E-state index is 0.0709. The van der Waals surface area contributed by atoms with Crippen LogP contribution in [0.4, 0.5) is 5.69 Å². The number of ether oxygens (including phenoxy) is 1. The molecule has 2 aromatic rings. The average molecular weight is 398 g/mol. The number of pyridine rings is 1. The number of aromatic nitrogens is 1. The van der Waals surface area contributed by atoms with Crippen LogP contribution in [0.1, 0.15) is 53.3 Å². The maximum Gasteiger partial charge on any atom is 0.229 e. The van der Waals surface area contributed by atoms with Crippen LogP contribution in [0.3, 0.4) is 0 Å². The summed E-state index contributed by atoms with van der Waals surface area (Å²) in [5.41, 5.74) is 0.375. The van der Waals surface area contributed by atoms with Gasteiger partial charge in [-0.05, 0) is 24.3 Å². The fraction of sp³-hybridized carbons (Fsp3) is 0.435. The Bertz CT molecular complexity index is 836. The molecule has 2 rings (SSSR count). The Kier molecular flexibility index (Phi) is 7.01. The van der Waals surface area contributed by atoms with Gasteiger partial charge in [-0.3, -0.25) is 14.6 Å². The third kappa shape index (κ3) is 6.89. The lowest BCUT2D eigenvalue weighted by Crippen LogP contribution is -2.39. The summed E-state index contributed by atoms with van der Waals surface area (Å²) in [6.45, 7) is 11.4. The summed E-state index contributed by atoms with van der Waals surface area (Å²) in [6, 6.07) is 12.4. The summed E-state index contributed by atoms with van der Waals surface area (Å²) in [5.74, 6) is 0.448. The van der Waals surface area contributed by atoms with E-state index in [0.717, 1.165) is 5.69 Å². The molecule has 2 amide bonds. The molecule has 2 N–H and O–H groups in total. The molecule has 0 bridgehead atoms. The van der Waals surface area contributed by atoms with Crippen LogP contribution in [0.2, 0.25) is 0 Å². The Hall–Kier alpha value is -2.89. The van der Waals surface area contributed by atoms with Crippen molar-refractivity contribution in [3.63, 3.8) is 0 Å². The van der Waals surface area contributed by atoms with Crippen molar-refractivity contribution in [1.82, 2.24) is 10.3 Å². The minimum Gasteiger partial charge on any atom is -0.491 e. The fourth-order valence-electron chi connectivity index (χ4n) is 2.32. The van der Waals surface area contributed by atoms with Gasteiger partial charge in [0.2, 0.25) is 11.8 Å². The fourth-order valence-corrected chi connectivity index (χ4v) is 2.32. The van der Waals surface area contributed by atoms with E-state index in [-0.39, 0.29) is 18.4 Å². The number of hydrogen-bond donors (Lipinski definition) is 2. The van der Waals surface area contributed by atoms with Crippen molar-refractivity contribution in [3.05, 3.63) is 54.4 Å². The van der Waals surface area contributed by atoms with Gasteiger partial charge in [0.25, 0.3) is 0 Å². The smallest absolute Gasteiger partial charge is 0.229 e. The molecule has 0 saturated carbocycles. The zero-order chi connectivity index (χ0) is 21.7. The minimum atomic E-state index is -0.524. The Morgan fingerprint density at radius 2 is 1.66 bits per heavy atom. The van der Waals surface area contributed by atoms with Gasteiger partial charge in [0.1, 0.15) is 18.4 Å². The molecule has 0 saturated heterocycles. The topological polar surface area (TPSA) is 80.3 Å². The van der Waals surface area contributed by atoms with Gasteiger partial charge >= 0.3 is 0 Å². The molecule has 0 fully saturated rings. The van der Waals surface area contributed by atoms with Gasteiger partial charge in [-0.25, -0.2) is 0 Å². The molecular weight excluding hydrogens is 366 g/mol. The summed E-state index contributed by atoms with van der Waals surface area (Å²) in [5, 5.41) is 5.91. The maximum atomic E-state index is 12.5. The Morgan fingerprint density at radius 1 is 0.966 bits per heavy atom. The molecule has 156 valence electrons. The molecular formula is C23H31N3O3. The van der Waals surface area contributed by atoms with Crippen LogP contribution in [0, 0.1) is 10.8 Å². The Morgan fingerprint density at radius 3 is 2.24 bits per heavy atom. The molecule has 1 aromatic carbocycles. The molecule has 29 heavy (non-hydrogen) atoms. The second-order valence-corrected chi connectivity index (χ2v) is 9.07. The van der Waals surface area contributed by atoms with E-state index in [2.05, 4.69) is 15.6 Å². The predicted octanol–water partition coefficient (Wildman–Crippen LogP) is 4.35. The number of benzene rings is 1. The van der Waals surface area contributed by atoms with E-state index >= 15 is 0 Å². The van der Waals surface area contributed by atoms with Crippen LogP contribution in [0.5, 0.6) is 5.75 Å². The van der Waals surface area contributed by atoms with Crippen molar-refractivity contribution in [2.24, 2.45) is 10.8 Å². The molecule has 0 aliphatic heterocycles. The monoisotopic (exact) mass is 397 g/mol. The van der Waals surface area contributed by atoms with E-state index in [9.17, 15) is 9.59 Å². The first-order chi connectivity index (χ1) is 13.5. The van der Waals surface area contributed by atoms with Crippen LogP contribution in [-0.4, -0.2) is 23.4 Å². The maximum absolute atomic E-state index is 12.5. The van der Waals surface area contributed by atoms with Crippen molar-refractivity contribution in [2.45, 2.75) is 47.6 Å². The normalized spacial score (nSPS) is 12.8. The molecule has 0 spiro atoms. The van der Waals surface area contributed by atoms with Gasteiger partial charge in [0, 0.05) is 28.8 Å². The third-order valence-corrected chi connectivity index (χ3v) is 4.22. The number of amides is 2. The number of carbonyl (C=O) groups excluding carboxylic acids is 2. The van der Waals surface area contributed by atoms with Crippen molar-refractivity contribution in [2.75, 3.05) is 11.9 Å². The highest BCUT2D eigenvalue weighted by atomic mass is 16.5. The number of anilines is 1. The molecule has 1 heterocycles. The first kappa shape index (κ1) is 22.4. The van der Waals surface area contributed by atoms with Gasteiger partial charge in [-0.15, -0.1) is 0 Å². The van der Waals surface area contributed by atoms with Gasteiger partial charge < -0.3 is 15.4 Å². The van der Waals surface area contributed by atoms with Crippen LogP contribution in [-0.2, 0) is 9.59 Å². The highest BCUT2D eigenvalue weighted by Crippen LogP contribution is 2.23. The van der Waals surface area contributed by atoms with Gasteiger partial charge in [-0.2, -0.15) is 0 Å². The zero-order valence-electron chi connectivity index (χ0n) is 18.1. The SMILES string of the molecule is CC(C)(C)C(=O)Nc1cccc(OCC(NC(=O)C(C)(C)C)c2ccccn2)c1. The first-order valence-corrected chi connectivity index (χ1v) is 9.73. The lowest BCUT2D eigenvalue weighted by molar-refractivity contribution is -0.129. The lowest BCUT2D eigenvalue weighted by atomic mass is 9.95. The van der Waals surface area contributed by atoms with E-state index in [1.807, 2.05) is 77.9 Å². The second kappa shape index (κ2) is 9.07. The number of hydrogen-bond acceptors (Lipinski definition) is 4. The molecule has 0 radical (unpaired) electrons. The summed E-state index contributed by atoms with van der Waals surface area (Å²) < 4.78 is 5.94. The molecule has 0 aliphatic carbocycles. The van der Waals surface area contributed by atoms with Gasteiger partial charge in [0.15, 0.2) is 0 Å². The Balaban J connectivity index is 2.12. The van der Waals surface area contributed by atoms with Crippen molar-refractivity contribution < 1.29 is 14.3 Å². The second-order valence-electron chi connectivity index (χ2n) is 9.07. The molecule has 6 heteroatoms. The van der Waals surface area contributed by atoms with Crippen molar-refractivity contribution >= 4 is 17.5 Å². The first-order valence-electron chi connectivity index (χ1n) is 9.73. The summed E-state index contributed by atoms with van der Waals surface area (Å²) in [7, 11) is 0. The molecule has 6 nitrogen and oxygen atoms in total. The quantitative estimate of drug-likeness (QED) is 0.759. The number of nitrogens with zero attached hydrogens (tertiary/aromatic N) is 1. The standard InChI is InChI=1S/C23H31N3O3/c1-22(2,3)20(27)25-16-10-9-11-17(14-16)29-15-19(18-12-7-8-13-24-18)26-21(28)23(4,5)6/h7-14,19H,15H2,1-6H3,(H,25,27)(H,26,28). The summed E-state index contributed by atoms with van der Waals surface area (Å²) in [6.07, 6.45) is 1.69. The molecule has 1 atom stereocenters. The number of rotatable bonds is 6. The zero-order valence-corrected chi connectivity index (χ0v) is 18.1. The van der Waals surface area contributed by atoms with E-state index in [4.69, 9.17) is 4.74 Å². The molecule has 1 unspecified atom stereocenters. The van der Waals surface area contributed by atoms with E-state index in [1.54, 1.807) is 12.3 Å². The average Bonchev–Trinajstić information content (AvgIpc) is 2.64. The highest BCUT2D eigenvalue weighted by Gasteiger charge is 2.26. The van der Waals surface area contributed by atoms with Crippen LogP contribution in [0.25, 0.3) is 0 Å². The van der Waals surface area contributed by atoms with Crippen LogP contribution in [0.15, 0.2) is 48.7 Å². The highest BCUT2D eigenvalue weighted by molar-refractivity contribution is 5.94. The van der Waals surface area contributed by atoms with Crippen LogP contribution >= 0.6 is 0 Å². The van der Waals surface area contributed by atoms with Crippen molar-refractivity contribution in [1.29, 1.82) is 0 Å². The predicted molar refractivity (Wildman–Crippen MR) is 115 cm³/mol. The lowest BCUT2D eigenvalue weighted by Gasteiger charge is -2.24. The van der Waals surface area contributed by atoms with Gasteiger partial charge in [-0.1, -0.05) is 53.7 Å². The largest absolute Gasteiger partial charge is 0.491 e. The van der Waals surface area contributed by atoms with Crippen LogP contribution < -0.4 is 15.4 Å². The van der Waals surface area contributed by atoms with E-state index in [1.165, 1.54) is 0 Å². The van der Waals surface area contributed by atoms with E-state index in [0.29, 0.717) is 11.4 Å².